The molecule has 2 aromatic carbocycles. The van der Waals surface area contributed by atoms with Gasteiger partial charge in [-0.2, -0.15) is 0 Å². The highest BCUT2D eigenvalue weighted by molar-refractivity contribution is 9.14. The fraction of sp³-hybridized carbons (Fsp3) is 0.634. The Balaban J connectivity index is 1.39. The number of aliphatic hydroxyl groups excluding tert-OH is 1. The third-order valence-electron chi connectivity index (χ3n) is 18.8. The highest BCUT2D eigenvalue weighted by Gasteiger charge is 2.45. The average molecular weight is 1490 g/mol. The Bertz CT molecular complexity index is 3070. The lowest BCUT2D eigenvalue weighted by Gasteiger charge is -2.41. The Morgan fingerprint density at radius 1 is 0.732 bits per heavy atom. The first-order chi connectivity index (χ1) is 45.7. The number of carbonyl (C=O) groups is 12. The minimum Gasteiger partial charge on any atom is -0.445 e. The fourth-order valence-electron chi connectivity index (χ4n) is 12.9. The molecule has 0 radical (unpaired) electrons. The van der Waals surface area contributed by atoms with Gasteiger partial charge in [0, 0.05) is 84.7 Å². The quantitative estimate of drug-likeness (QED) is 0.0179. The van der Waals surface area contributed by atoms with Crippen LogP contribution in [0.3, 0.4) is 0 Å². The number of halogens is 2. The topological polar surface area (TPSA) is 328 Å². The number of ketones is 4. The number of carbonyl (C=O) groups excluding carboxylic acids is 12. The molecule has 9 amide bonds. The van der Waals surface area contributed by atoms with E-state index in [0.29, 0.717) is 50.6 Å². The maximum Gasteiger partial charge on any atom is 0.410 e. The number of hydrogen-bond acceptors (Lipinski definition) is 16. The lowest BCUT2D eigenvalue weighted by Crippen LogP contribution is -2.54. The molecule has 12 atom stereocenters. The highest BCUT2D eigenvalue weighted by Crippen LogP contribution is 2.34. The van der Waals surface area contributed by atoms with Crippen LogP contribution in [0.4, 0.5) is 15.3 Å². The Morgan fingerprint density at radius 2 is 1.36 bits per heavy atom. The number of imide groups is 1. The molecule has 0 spiro atoms. The molecule has 2 aliphatic heterocycles. The van der Waals surface area contributed by atoms with Crippen molar-refractivity contribution in [1.82, 2.24) is 30.2 Å². The van der Waals surface area contributed by atoms with E-state index >= 15 is 0 Å². The van der Waals surface area contributed by atoms with Gasteiger partial charge in [0.15, 0.2) is 5.78 Å². The van der Waals surface area contributed by atoms with Crippen LogP contribution < -0.4 is 21.7 Å². The Hall–Kier alpha value is -6.74. The van der Waals surface area contributed by atoms with Gasteiger partial charge in [0.25, 0.3) is 11.8 Å². The van der Waals surface area contributed by atoms with Crippen molar-refractivity contribution in [2.75, 3.05) is 53.3 Å². The molecule has 1 saturated heterocycles. The number of likely N-dealkylation sites (N-methyl/N-ethyl adjacent to an activating group) is 2. The Labute approximate surface area is 588 Å². The summed E-state index contributed by atoms with van der Waals surface area (Å²) in [5.41, 5.74) is 6.67. The van der Waals surface area contributed by atoms with E-state index in [1.807, 2.05) is 71.9 Å². The van der Waals surface area contributed by atoms with Crippen LogP contribution in [0, 0.1) is 47.3 Å². The molecule has 0 aliphatic carbocycles. The second kappa shape index (κ2) is 39.7. The second-order valence-corrected chi connectivity index (χ2v) is 28.4. The van der Waals surface area contributed by atoms with Gasteiger partial charge in [0.05, 0.1) is 48.9 Å². The number of amides is 9. The zero-order valence-electron chi connectivity index (χ0n) is 58.9. The van der Waals surface area contributed by atoms with Crippen LogP contribution in [0.1, 0.15) is 164 Å². The molecule has 0 bridgehead atoms. The van der Waals surface area contributed by atoms with E-state index in [2.05, 4.69) is 47.8 Å². The molecule has 1 fully saturated rings. The van der Waals surface area contributed by atoms with Gasteiger partial charge < -0.3 is 55.7 Å². The van der Waals surface area contributed by atoms with Gasteiger partial charge in [0.2, 0.25) is 35.2 Å². The summed E-state index contributed by atoms with van der Waals surface area (Å²) in [6.45, 7) is 18.5. The van der Waals surface area contributed by atoms with E-state index < -0.39 is 119 Å². The van der Waals surface area contributed by atoms with Gasteiger partial charge >= 0.3 is 12.1 Å². The van der Waals surface area contributed by atoms with Crippen LogP contribution in [0.5, 0.6) is 0 Å². The fourth-order valence-corrected chi connectivity index (χ4v) is 13.7. The molecular formula is C71H104Br2N8O16. The second-order valence-electron chi connectivity index (χ2n) is 26.9. The first-order valence-electron chi connectivity index (χ1n) is 33.8. The van der Waals surface area contributed by atoms with Crippen LogP contribution in [-0.2, 0) is 68.8 Å². The number of primary amides is 1. The number of nitrogens with one attached hydrogen (secondary N) is 3. The predicted molar refractivity (Wildman–Crippen MR) is 373 cm³/mol. The van der Waals surface area contributed by atoms with Crippen molar-refractivity contribution >= 4 is 108 Å². The van der Waals surface area contributed by atoms with E-state index in [1.165, 1.54) is 31.2 Å². The summed E-state index contributed by atoms with van der Waals surface area (Å²) in [6, 6.07) is 11.3. The van der Waals surface area contributed by atoms with Crippen molar-refractivity contribution in [3.63, 3.8) is 0 Å². The number of nitrogens with two attached hydrogens (primary N) is 1. The number of anilines is 1. The number of aliphatic hydroxyl groups is 1. The zero-order valence-corrected chi connectivity index (χ0v) is 62.0. The molecule has 2 aromatic rings. The van der Waals surface area contributed by atoms with Crippen molar-refractivity contribution < 1.29 is 76.9 Å². The molecule has 0 aromatic heterocycles. The predicted octanol–water partition coefficient (Wildman–Crippen LogP) is 8.97. The van der Waals surface area contributed by atoms with Crippen molar-refractivity contribution in [3.05, 3.63) is 74.7 Å². The maximum absolute atomic E-state index is 14.9. The molecule has 538 valence electrons. The van der Waals surface area contributed by atoms with Gasteiger partial charge in [-0.05, 0) is 123 Å². The Morgan fingerprint density at radius 3 is 1.92 bits per heavy atom. The number of rotatable bonds is 41. The van der Waals surface area contributed by atoms with Crippen molar-refractivity contribution in [2.45, 2.75) is 195 Å². The summed E-state index contributed by atoms with van der Waals surface area (Å²) in [7, 11) is 6.18. The van der Waals surface area contributed by atoms with E-state index in [1.54, 1.807) is 63.8 Å². The number of ether oxygens (including phenoxy) is 3. The third kappa shape index (κ3) is 23.2. The maximum atomic E-state index is 14.9. The van der Waals surface area contributed by atoms with Gasteiger partial charge in [-0.1, -0.05) is 125 Å². The van der Waals surface area contributed by atoms with Crippen LogP contribution in [-0.4, -0.2) is 180 Å². The molecule has 6 N–H and O–H groups in total. The zero-order chi connectivity index (χ0) is 72.7. The van der Waals surface area contributed by atoms with Crippen molar-refractivity contribution in [2.24, 2.45) is 53.1 Å². The van der Waals surface area contributed by atoms with E-state index in [4.69, 9.17) is 19.9 Å². The first-order valence-corrected chi connectivity index (χ1v) is 35.3. The number of likely N-dealkylation sites (tertiary alicyclic amines) is 1. The molecule has 0 saturated carbocycles. The lowest BCUT2D eigenvalue weighted by molar-refractivity contribution is -0.149. The minimum absolute atomic E-state index is 0.00289. The summed E-state index contributed by atoms with van der Waals surface area (Å²) >= 11 is 6.19. The Kier molecular flexibility index (Phi) is 33.9. The molecule has 4 rings (SSSR count). The molecule has 2 unspecified atom stereocenters. The number of benzene rings is 2. The monoisotopic (exact) mass is 1480 g/mol. The standard InChI is InChI=1S/C71H104Br2N8O16/c1-15-43(8)61(54(95-13)38-56(85)80-35-23-27-51(80)65(96-14)45(10)52(82)36-44(9)62(86)47-24-18-16-19-25-47)78(11)67(90)50(40(2)3)37-53(83)60(42(6)7)79(12)71(94)97-39-46-29-31-48(32-30-46)76-66(89)49(26-22-33-75-70(74)93)63(87)64(88)59(41(4)5)77-55(84)28-20-17-21-34-81-68(91)57(72)58(73)69(81)92/h16,18-19,24-25,29-32,40-45,49-51,54,59-62,65,86H,15,17,20-23,26-28,33-39H2,1-14H3,(H,76,89)(H,77,84)(H3,74,75,93)/t43-,44-,45-,49+,50?,51-,54+,59-,60-,61?,62+,65+/m0/s1. The molecule has 24 nitrogen and oxygen atoms in total. The molecule has 2 heterocycles. The highest BCUT2D eigenvalue weighted by atomic mass is 79.9. The summed E-state index contributed by atoms with van der Waals surface area (Å²) in [4.78, 5) is 168. The molecular weight excluding hydrogens is 1380 g/mol. The SMILES string of the molecule is CC[C@H](C)C([C@@H](CC(=O)N1CCC[C@H]1[C@H](OC)[C@@H](C)C(=O)C[C@H](C)[C@@H](O)c1ccccc1)OC)N(C)C(=O)C(CC(=O)[C@H](C(C)C)N(C)C(=O)OCc1ccc(NC(=O)[C@H](CCCNC(N)=O)C(=O)C(=O)[C@@H](NC(=O)CCCCCN2C(=O)C(Br)=C(Br)C2=O)C(C)C)cc1)C(C)C. The number of urea groups is 1. The molecule has 26 heteroatoms. The number of methoxy groups -OCH3 is 2. The van der Waals surface area contributed by atoms with Crippen LogP contribution >= 0.6 is 31.9 Å². The summed E-state index contributed by atoms with van der Waals surface area (Å²) in [5, 5.41) is 18.7. The van der Waals surface area contributed by atoms with Crippen LogP contribution in [0.25, 0.3) is 0 Å². The summed E-state index contributed by atoms with van der Waals surface area (Å²) < 4.78 is 18.1. The third-order valence-corrected chi connectivity index (χ3v) is 20.8. The normalized spacial score (nSPS) is 17.5. The largest absolute Gasteiger partial charge is 0.445 e. The van der Waals surface area contributed by atoms with E-state index in [0.717, 1.165) is 10.5 Å². The van der Waals surface area contributed by atoms with E-state index in [-0.39, 0.29) is 114 Å². The van der Waals surface area contributed by atoms with Gasteiger partial charge in [-0.25, -0.2) is 9.59 Å². The lowest BCUT2D eigenvalue weighted by atomic mass is 9.83. The average Bonchev–Trinajstić information content (AvgIpc) is 1.33. The van der Waals surface area contributed by atoms with E-state index in [9.17, 15) is 62.6 Å². The number of Topliss-reactive ketones (excluding diaryl/α,β-unsaturated/α-hetero) is 4. The van der Waals surface area contributed by atoms with Crippen LogP contribution in [0.2, 0.25) is 0 Å². The first kappa shape index (κ1) is 82.7. The minimum atomic E-state index is -1.54. The van der Waals surface area contributed by atoms with Crippen LogP contribution in [0.15, 0.2) is 63.6 Å². The molecule has 97 heavy (non-hydrogen) atoms. The van der Waals surface area contributed by atoms with Gasteiger partial charge in [-0.15, -0.1) is 0 Å². The van der Waals surface area contributed by atoms with Gasteiger partial charge in [0.1, 0.15) is 27.3 Å². The summed E-state index contributed by atoms with van der Waals surface area (Å²) in [6.07, 6.45) is -0.0636. The summed E-state index contributed by atoms with van der Waals surface area (Å²) in [5.74, 6) is -10.0. The molecule has 2 aliphatic rings. The smallest absolute Gasteiger partial charge is 0.410 e. The van der Waals surface area contributed by atoms with Gasteiger partial charge in [-0.3, -0.25) is 52.8 Å². The number of hydrogen-bond donors (Lipinski definition) is 5. The number of unbranched alkanes of at least 4 members (excludes halogenated alkanes) is 2. The van der Waals surface area contributed by atoms with Crippen molar-refractivity contribution in [3.8, 4) is 0 Å². The van der Waals surface area contributed by atoms with Crippen molar-refractivity contribution in [1.29, 1.82) is 0 Å². The number of nitrogens with zero attached hydrogens (tertiary/aromatic N) is 4.